The van der Waals surface area contributed by atoms with Gasteiger partial charge < -0.3 is 0 Å². The maximum Gasteiger partial charge on any atom is 0.0532 e. The molecule has 0 aromatic carbocycles. The van der Waals surface area contributed by atoms with Crippen LogP contribution >= 0.6 is 22.7 Å². The van der Waals surface area contributed by atoms with Crippen LogP contribution in [-0.2, 0) is 0 Å². The minimum absolute atomic E-state index is 1.26. The fourth-order valence-corrected chi connectivity index (χ4v) is 3.26. The molecule has 0 fully saturated rings. The molecule has 0 saturated carbocycles. The van der Waals surface area contributed by atoms with Crippen LogP contribution in [0.1, 0.15) is 0 Å². The van der Waals surface area contributed by atoms with E-state index in [1.807, 2.05) is 12.4 Å². The van der Waals surface area contributed by atoms with Gasteiger partial charge in [-0.05, 0) is 17.5 Å². The van der Waals surface area contributed by atoms with E-state index in [0.29, 0.717) is 0 Å². The number of aromatic nitrogens is 1. The Labute approximate surface area is 89.7 Å². The Bertz CT molecular complexity index is 551. The van der Waals surface area contributed by atoms with Crippen molar-refractivity contribution in [3.63, 3.8) is 0 Å². The highest BCUT2D eigenvalue weighted by molar-refractivity contribution is 7.19. The van der Waals surface area contributed by atoms with Gasteiger partial charge in [-0.3, -0.25) is 4.98 Å². The Morgan fingerprint density at radius 1 is 1.14 bits per heavy atom. The molecule has 3 rings (SSSR count). The number of thiophene rings is 2. The Morgan fingerprint density at radius 3 is 3.00 bits per heavy atom. The van der Waals surface area contributed by atoms with Crippen molar-refractivity contribution in [1.82, 2.24) is 4.98 Å². The van der Waals surface area contributed by atoms with Gasteiger partial charge in [0.05, 0.1) is 4.70 Å². The molecule has 3 aromatic rings. The Morgan fingerprint density at radius 2 is 2.14 bits per heavy atom. The van der Waals surface area contributed by atoms with E-state index < -0.39 is 0 Å². The van der Waals surface area contributed by atoms with E-state index in [9.17, 15) is 0 Å². The number of rotatable bonds is 1. The predicted molar refractivity (Wildman–Crippen MR) is 62.9 cm³/mol. The minimum atomic E-state index is 1.26. The monoisotopic (exact) mass is 217 g/mol. The lowest BCUT2D eigenvalue weighted by molar-refractivity contribution is 1.37. The van der Waals surface area contributed by atoms with Crippen LogP contribution in [0.4, 0.5) is 0 Å². The third-order valence-electron chi connectivity index (χ3n) is 2.17. The topological polar surface area (TPSA) is 12.9 Å². The second-order valence-electron chi connectivity index (χ2n) is 3.00. The number of hydrogen-bond donors (Lipinski definition) is 0. The number of pyridine rings is 1. The molecule has 0 amide bonds. The highest BCUT2D eigenvalue weighted by Crippen LogP contribution is 2.35. The first-order valence-electron chi connectivity index (χ1n) is 4.30. The van der Waals surface area contributed by atoms with E-state index in [2.05, 4.69) is 33.9 Å². The molecule has 0 aliphatic rings. The van der Waals surface area contributed by atoms with Gasteiger partial charge in [-0.1, -0.05) is 6.07 Å². The zero-order valence-corrected chi connectivity index (χ0v) is 8.94. The zero-order chi connectivity index (χ0) is 9.38. The van der Waals surface area contributed by atoms with Crippen molar-refractivity contribution in [2.45, 2.75) is 0 Å². The van der Waals surface area contributed by atoms with Crippen LogP contribution in [0.25, 0.3) is 20.5 Å². The predicted octanol–water partition coefficient (Wildman–Crippen LogP) is 4.02. The van der Waals surface area contributed by atoms with Crippen LogP contribution < -0.4 is 0 Å². The van der Waals surface area contributed by atoms with E-state index >= 15 is 0 Å². The molecule has 3 heteroatoms. The summed E-state index contributed by atoms with van der Waals surface area (Å²) in [6.45, 7) is 0. The molecule has 68 valence electrons. The van der Waals surface area contributed by atoms with Crippen molar-refractivity contribution in [2.75, 3.05) is 0 Å². The fourth-order valence-electron chi connectivity index (χ4n) is 1.50. The third kappa shape index (κ3) is 1.17. The van der Waals surface area contributed by atoms with Crippen LogP contribution in [0.15, 0.2) is 41.4 Å². The van der Waals surface area contributed by atoms with E-state index in [4.69, 9.17) is 0 Å². The molecule has 0 atom stereocenters. The smallest absolute Gasteiger partial charge is 0.0532 e. The maximum atomic E-state index is 4.12. The molecule has 0 spiro atoms. The van der Waals surface area contributed by atoms with Gasteiger partial charge in [-0.2, -0.15) is 0 Å². The summed E-state index contributed by atoms with van der Waals surface area (Å²) < 4.78 is 1.26. The lowest BCUT2D eigenvalue weighted by Gasteiger charge is -1.93. The summed E-state index contributed by atoms with van der Waals surface area (Å²) >= 11 is 3.54. The Hall–Kier alpha value is -1.19. The van der Waals surface area contributed by atoms with Gasteiger partial charge in [-0.15, -0.1) is 22.7 Å². The molecule has 1 nitrogen and oxygen atoms in total. The van der Waals surface area contributed by atoms with Crippen LogP contribution in [0.5, 0.6) is 0 Å². The second kappa shape index (κ2) is 3.19. The van der Waals surface area contributed by atoms with Crippen LogP contribution in [0.2, 0.25) is 0 Å². The number of fused-ring (bicyclic) bond motifs is 1. The van der Waals surface area contributed by atoms with Crippen molar-refractivity contribution in [2.24, 2.45) is 0 Å². The zero-order valence-electron chi connectivity index (χ0n) is 7.31. The molecular weight excluding hydrogens is 210 g/mol. The first-order valence-corrected chi connectivity index (χ1v) is 6.06. The third-order valence-corrected chi connectivity index (χ3v) is 4.00. The lowest BCUT2D eigenvalue weighted by atomic mass is 10.2. The van der Waals surface area contributed by atoms with E-state index in [0.717, 1.165) is 0 Å². The quantitative estimate of drug-likeness (QED) is 0.600. The summed E-state index contributed by atoms with van der Waals surface area (Å²) in [6, 6.07) is 6.33. The van der Waals surface area contributed by atoms with Crippen LogP contribution in [0, 0.1) is 0 Å². The summed E-state index contributed by atoms with van der Waals surface area (Å²) in [4.78, 5) is 5.46. The number of hydrogen-bond acceptors (Lipinski definition) is 3. The first kappa shape index (κ1) is 8.15. The molecule has 3 heterocycles. The van der Waals surface area contributed by atoms with Gasteiger partial charge in [0.1, 0.15) is 0 Å². The van der Waals surface area contributed by atoms with Gasteiger partial charge in [-0.25, -0.2) is 0 Å². The standard InChI is InChI=1S/C11H7NS2/c1-2-10(13-5-1)9-7-14-11-6-12-4-3-8(9)11/h1-7H. The van der Waals surface area contributed by atoms with E-state index in [-0.39, 0.29) is 0 Å². The largest absolute Gasteiger partial charge is 0.263 e. The lowest BCUT2D eigenvalue weighted by Crippen LogP contribution is -1.70. The highest BCUT2D eigenvalue weighted by Gasteiger charge is 2.05. The maximum absolute atomic E-state index is 4.12. The Kier molecular flexibility index (Phi) is 1.85. The van der Waals surface area contributed by atoms with Gasteiger partial charge in [0, 0.05) is 33.6 Å². The van der Waals surface area contributed by atoms with E-state index in [1.54, 1.807) is 22.7 Å². The van der Waals surface area contributed by atoms with Crippen LogP contribution in [-0.4, -0.2) is 4.98 Å². The first-order chi connectivity index (χ1) is 6.95. The van der Waals surface area contributed by atoms with Gasteiger partial charge >= 0.3 is 0 Å². The van der Waals surface area contributed by atoms with E-state index in [1.165, 1.54) is 20.5 Å². The molecule has 0 radical (unpaired) electrons. The average molecular weight is 217 g/mol. The minimum Gasteiger partial charge on any atom is -0.263 e. The molecule has 0 bridgehead atoms. The number of nitrogens with zero attached hydrogens (tertiary/aromatic N) is 1. The Balaban J connectivity index is 2.33. The molecule has 0 N–H and O–H groups in total. The van der Waals surface area contributed by atoms with Crippen LogP contribution in [0.3, 0.4) is 0 Å². The molecule has 0 saturated heterocycles. The molecule has 14 heavy (non-hydrogen) atoms. The second-order valence-corrected chi connectivity index (χ2v) is 4.86. The van der Waals surface area contributed by atoms with Gasteiger partial charge in [0.2, 0.25) is 0 Å². The summed E-state index contributed by atoms with van der Waals surface area (Å²) in [5.41, 5.74) is 1.34. The summed E-state index contributed by atoms with van der Waals surface area (Å²) in [5.74, 6) is 0. The molecule has 0 unspecified atom stereocenters. The van der Waals surface area contributed by atoms with Crippen molar-refractivity contribution < 1.29 is 0 Å². The van der Waals surface area contributed by atoms with Crippen molar-refractivity contribution in [1.29, 1.82) is 0 Å². The molecule has 3 aromatic heterocycles. The molecular formula is C11H7NS2. The van der Waals surface area contributed by atoms with Gasteiger partial charge in [0.25, 0.3) is 0 Å². The highest BCUT2D eigenvalue weighted by atomic mass is 32.1. The van der Waals surface area contributed by atoms with Crippen molar-refractivity contribution in [3.8, 4) is 10.4 Å². The molecule has 0 aliphatic heterocycles. The van der Waals surface area contributed by atoms with Gasteiger partial charge in [0.15, 0.2) is 0 Å². The van der Waals surface area contributed by atoms with Crippen molar-refractivity contribution >= 4 is 32.8 Å². The normalized spacial score (nSPS) is 10.9. The van der Waals surface area contributed by atoms with Crippen molar-refractivity contribution in [3.05, 3.63) is 41.4 Å². The summed E-state index contributed by atoms with van der Waals surface area (Å²) in [5, 5.41) is 5.63. The summed E-state index contributed by atoms with van der Waals surface area (Å²) in [7, 11) is 0. The molecule has 0 aliphatic carbocycles. The average Bonchev–Trinajstić information content (AvgIpc) is 2.85. The summed E-state index contributed by atoms with van der Waals surface area (Å²) in [6.07, 6.45) is 3.78. The fraction of sp³-hybridized carbons (Fsp3) is 0. The SMILES string of the molecule is c1csc(-c2csc3cnccc23)c1.